The van der Waals surface area contributed by atoms with Gasteiger partial charge in [-0.1, -0.05) is 19.1 Å². The van der Waals surface area contributed by atoms with Gasteiger partial charge < -0.3 is 24.8 Å². The van der Waals surface area contributed by atoms with Crippen molar-refractivity contribution in [3.8, 4) is 5.75 Å². The van der Waals surface area contributed by atoms with Crippen LogP contribution in [0, 0.1) is 0 Å². The highest BCUT2D eigenvalue weighted by Gasteiger charge is 2.72. The number of urea groups is 1. The van der Waals surface area contributed by atoms with Crippen molar-refractivity contribution < 1.29 is 54.9 Å². The van der Waals surface area contributed by atoms with Crippen LogP contribution in [0.15, 0.2) is 24.3 Å². The molecule has 218 valence electrons. The summed E-state index contributed by atoms with van der Waals surface area (Å²) in [6.45, 7) is 3.82. The number of carbonyl (C=O) groups is 2. The number of halogens is 7. The fourth-order valence-corrected chi connectivity index (χ4v) is 3.30. The van der Waals surface area contributed by atoms with Crippen LogP contribution in [0.25, 0.3) is 0 Å². The van der Waals surface area contributed by atoms with Crippen LogP contribution >= 0.6 is 0 Å². The first-order valence-electron chi connectivity index (χ1n) is 12.1. The minimum atomic E-state index is -6.38. The number of carbonyl (C=O) groups excluding carboxylic acids is 1. The number of nitrogens with zero attached hydrogens (tertiary/aromatic N) is 1. The van der Waals surface area contributed by atoms with E-state index in [4.69, 9.17) is 14.6 Å². The Hall–Kier alpha value is -2.77. The van der Waals surface area contributed by atoms with E-state index in [-0.39, 0.29) is 39.1 Å². The minimum Gasteiger partial charge on any atom is -0.492 e. The minimum absolute atomic E-state index is 0.0160. The number of unbranched alkanes of at least 4 members (excludes halogenated alkanes) is 1. The maximum atomic E-state index is 13.5. The Morgan fingerprint density at radius 2 is 1.63 bits per heavy atom. The molecule has 1 unspecified atom stereocenters. The van der Waals surface area contributed by atoms with Gasteiger partial charge in [0.1, 0.15) is 12.4 Å². The quantitative estimate of drug-likeness (QED) is 0.193. The van der Waals surface area contributed by atoms with E-state index in [0.717, 1.165) is 0 Å². The number of amides is 2. The van der Waals surface area contributed by atoms with Crippen LogP contribution in [-0.4, -0.2) is 79.0 Å². The van der Waals surface area contributed by atoms with Crippen molar-refractivity contribution in [1.29, 1.82) is 0 Å². The van der Waals surface area contributed by atoms with E-state index in [1.807, 2.05) is 0 Å². The molecule has 1 atom stereocenters. The van der Waals surface area contributed by atoms with Gasteiger partial charge in [0.15, 0.2) is 6.10 Å². The number of rotatable bonds is 17. The fourth-order valence-electron chi connectivity index (χ4n) is 3.30. The van der Waals surface area contributed by atoms with Crippen molar-refractivity contribution in [2.45, 2.75) is 70.1 Å². The third kappa shape index (κ3) is 10.2. The van der Waals surface area contributed by atoms with Gasteiger partial charge in [-0.3, -0.25) is 0 Å². The predicted molar refractivity (Wildman–Crippen MR) is 124 cm³/mol. The molecule has 0 aliphatic heterocycles. The number of nitrogens with one attached hydrogen (secondary N) is 1. The summed E-state index contributed by atoms with van der Waals surface area (Å²) in [6.07, 6.45) is -9.23. The lowest BCUT2D eigenvalue weighted by atomic mass is 10.0. The molecule has 0 fully saturated rings. The van der Waals surface area contributed by atoms with Gasteiger partial charge in [0, 0.05) is 32.5 Å². The Kier molecular flexibility index (Phi) is 13.1. The summed E-state index contributed by atoms with van der Waals surface area (Å²) in [4.78, 5) is 24.8. The second-order valence-electron chi connectivity index (χ2n) is 8.43. The SMILES string of the molecule is CCCNC(=O)N(CCCCC(F)(F)C(F)(F)C(F)(F)F)CCOc1ccc(CC(OCC)C(=O)O)cc1. The number of hydrogen-bond donors (Lipinski definition) is 2. The Morgan fingerprint density at radius 3 is 2.16 bits per heavy atom. The van der Waals surface area contributed by atoms with E-state index >= 15 is 0 Å². The Morgan fingerprint density at radius 1 is 1.00 bits per heavy atom. The second kappa shape index (κ2) is 15.0. The van der Waals surface area contributed by atoms with Gasteiger partial charge in [0.25, 0.3) is 0 Å². The highest BCUT2D eigenvalue weighted by molar-refractivity contribution is 5.74. The Balaban J connectivity index is 2.65. The predicted octanol–water partition coefficient (Wildman–Crippen LogP) is 5.52. The van der Waals surface area contributed by atoms with Crippen LogP contribution in [0.1, 0.15) is 45.1 Å². The van der Waals surface area contributed by atoms with Crippen LogP contribution in [0.2, 0.25) is 0 Å². The molecule has 0 aliphatic carbocycles. The fraction of sp³-hybridized carbons (Fsp3) is 0.667. The summed E-state index contributed by atoms with van der Waals surface area (Å²) >= 11 is 0. The molecule has 0 saturated carbocycles. The largest absolute Gasteiger partial charge is 0.492 e. The van der Waals surface area contributed by atoms with Crippen molar-refractivity contribution in [2.75, 3.05) is 32.8 Å². The molecule has 1 aromatic carbocycles. The monoisotopic (exact) mass is 562 g/mol. The van der Waals surface area contributed by atoms with Crippen molar-refractivity contribution in [3.05, 3.63) is 29.8 Å². The third-order valence-electron chi connectivity index (χ3n) is 5.42. The lowest BCUT2D eigenvalue weighted by molar-refractivity contribution is -0.355. The highest BCUT2D eigenvalue weighted by atomic mass is 19.4. The molecule has 0 spiro atoms. The van der Waals surface area contributed by atoms with Gasteiger partial charge in [0.2, 0.25) is 0 Å². The van der Waals surface area contributed by atoms with Gasteiger partial charge in [0.05, 0.1) is 6.54 Å². The van der Waals surface area contributed by atoms with Crippen LogP contribution in [-0.2, 0) is 16.0 Å². The molecule has 0 radical (unpaired) electrons. The van der Waals surface area contributed by atoms with Gasteiger partial charge in [-0.05, 0) is 43.9 Å². The Labute approximate surface area is 216 Å². The van der Waals surface area contributed by atoms with Crippen LogP contribution in [0.5, 0.6) is 5.75 Å². The zero-order valence-corrected chi connectivity index (χ0v) is 21.1. The van der Waals surface area contributed by atoms with E-state index in [2.05, 4.69) is 5.32 Å². The highest BCUT2D eigenvalue weighted by Crippen LogP contribution is 2.48. The zero-order chi connectivity index (χ0) is 29.0. The van der Waals surface area contributed by atoms with Crippen molar-refractivity contribution in [1.82, 2.24) is 10.2 Å². The number of hydrogen-bond acceptors (Lipinski definition) is 4. The molecular formula is C24H33F7N2O5. The molecule has 14 heteroatoms. The standard InChI is InChI=1S/C24H33F7N2O5/c1-3-12-32-21(36)33(13-6-5-11-22(25,26)23(27,28)24(29,30)31)14-15-38-18-9-7-17(8-10-18)16-19(20(34)35)37-4-2/h7-10,19H,3-6,11-16H2,1-2H3,(H,32,36)(H,34,35). The van der Waals surface area contributed by atoms with Gasteiger partial charge >= 0.3 is 30.0 Å². The molecule has 38 heavy (non-hydrogen) atoms. The molecule has 0 aromatic heterocycles. The molecule has 1 rings (SSSR count). The summed E-state index contributed by atoms with van der Waals surface area (Å²) < 4.78 is 101. The van der Waals surface area contributed by atoms with Crippen molar-refractivity contribution in [3.63, 3.8) is 0 Å². The van der Waals surface area contributed by atoms with Crippen LogP contribution in [0.4, 0.5) is 35.5 Å². The number of carboxylic acids is 1. The molecule has 2 amide bonds. The van der Waals surface area contributed by atoms with E-state index in [1.54, 1.807) is 38.1 Å². The Bertz CT molecular complexity index is 867. The van der Waals surface area contributed by atoms with Crippen molar-refractivity contribution >= 4 is 12.0 Å². The lowest BCUT2D eigenvalue weighted by Crippen LogP contribution is -2.51. The van der Waals surface area contributed by atoms with Gasteiger partial charge in [-0.15, -0.1) is 0 Å². The van der Waals surface area contributed by atoms with E-state index in [1.165, 1.54) is 4.90 Å². The molecule has 2 N–H and O–H groups in total. The molecular weight excluding hydrogens is 529 g/mol. The molecule has 0 aliphatic rings. The van der Waals surface area contributed by atoms with E-state index in [0.29, 0.717) is 24.3 Å². The smallest absolute Gasteiger partial charge is 0.459 e. The third-order valence-corrected chi connectivity index (χ3v) is 5.42. The molecule has 0 heterocycles. The number of alkyl halides is 7. The second-order valence-corrected chi connectivity index (χ2v) is 8.43. The maximum absolute atomic E-state index is 13.5. The summed E-state index contributed by atoms with van der Waals surface area (Å²) in [5, 5.41) is 11.8. The first kappa shape index (κ1) is 33.3. The first-order valence-corrected chi connectivity index (χ1v) is 12.1. The van der Waals surface area contributed by atoms with Gasteiger partial charge in [-0.25, -0.2) is 9.59 Å². The van der Waals surface area contributed by atoms with Crippen molar-refractivity contribution in [2.24, 2.45) is 0 Å². The average Bonchev–Trinajstić information content (AvgIpc) is 2.83. The number of benzene rings is 1. The van der Waals surface area contributed by atoms with Crippen LogP contribution in [0.3, 0.4) is 0 Å². The maximum Gasteiger partial charge on any atom is 0.459 e. The van der Waals surface area contributed by atoms with E-state index < -0.39 is 49.0 Å². The molecule has 1 aromatic rings. The first-order chi connectivity index (χ1) is 17.7. The lowest BCUT2D eigenvalue weighted by Gasteiger charge is -2.28. The van der Waals surface area contributed by atoms with E-state index in [9.17, 15) is 40.3 Å². The molecule has 0 bridgehead atoms. The van der Waals surface area contributed by atoms with Gasteiger partial charge in [-0.2, -0.15) is 30.7 Å². The summed E-state index contributed by atoms with van der Waals surface area (Å²) in [5.74, 6) is -12.1. The summed E-state index contributed by atoms with van der Waals surface area (Å²) in [6, 6.07) is 5.91. The number of aliphatic carboxylic acids is 1. The number of ether oxygens (including phenoxy) is 2. The summed E-state index contributed by atoms with van der Waals surface area (Å²) in [5.41, 5.74) is 0.687. The zero-order valence-electron chi connectivity index (χ0n) is 21.1. The average molecular weight is 563 g/mol. The molecule has 7 nitrogen and oxygen atoms in total. The van der Waals surface area contributed by atoms with Crippen LogP contribution < -0.4 is 10.1 Å². The summed E-state index contributed by atoms with van der Waals surface area (Å²) in [7, 11) is 0. The number of carboxylic acid groups (broad SMARTS) is 1. The topological polar surface area (TPSA) is 88.1 Å². The molecule has 0 saturated heterocycles. The normalized spacial score (nSPS) is 13.2.